The minimum absolute atomic E-state index is 0.0814. The van der Waals surface area contributed by atoms with Gasteiger partial charge in [-0.05, 0) is 36.8 Å². The van der Waals surface area contributed by atoms with E-state index >= 15 is 0 Å². The first-order chi connectivity index (χ1) is 12.2. The number of aryl methyl sites for hydroxylation is 1. The second kappa shape index (κ2) is 8.09. The van der Waals surface area contributed by atoms with Crippen LogP contribution in [0.25, 0.3) is 10.2 Å². The summed E-state index contributed by atoms with van der Waals surface area (Å²) in [6, 6.07) is 15.6. The lowest BCUT2D eigenvalue weighted by molar-refractivity contribution is -0.120. The maximum absolute atomic E-state index is 12.2. The molecule has 1 heterocycles. The Hall–Kier alpha value is -2.44. The number of hydrogen-bond donors (Lipinski definition) is 0. The van der Waals surface area contributed by atoms with Gasteiger partial charge in [0.2, 0.25) is 0 Å². The monoisotopic (exact) mass is 356 g/mol. The number of methoxy groups -OCH3 is 1. The fraction of sp³-hybridized carbons (Fsp3) is 0.263. The molecule has 0 spiro atoms. The van der Waals surface area contributed by atoms with Crippen molar-refractivity contribution in [2.75, 3.05) is 20.3 Å². The number of nitrogens with zero attached hydrogens (tertiary/aromatic N) is 2. The molecule has 0 N–H and O–H groups in total. The van der Waals surface area contributed by atoms with Crippen LogP contribution in [0.3, 0.4) is 0 Å². The van der Waals surface area contributed by atoms with Crippen LogP contribution in [-0.4, -0.2) is 30.8 Å². The maximum atomic E-state index is 12.2. The summed E-state index contributed by atoms with van der Waals surface area (Å²) in [5, 5.41) is 0. The summed E-state index contributed by atoms with van der Waals surface area (Å²) >= 11 is 1.49. The number of carbonyl (C=O) groups excluding carboxylic acids is 1. The number of thiazole rings is 1. The molecule has 0 saturated carbocycles. The van der Waals surface area contributed by atoms with Crippen molar-refractivity contribution < 1.29 is 14.3 Å². The lowest BCUT2D eigenvalue weighted by atomic mass is 10.2. The highest BCUT2D eigenvalue weighted by molar-refractivity contribution is 7.16. The molecule has 25 heavy (non-hydrogen) atoms. The van der Waals surface area contributed by atoms with Gasteiger partial charge < -0.3 is 14.0 Å². The highest BCUT2D eigenvalue weighted by Gasteiger charge is 2.08. The van der Waals surface area contributed by atoms with Crippen molar-refractivity contribution in [3.8, 4) is 5.75 Å². The Bertz CT molecular complexity index is 943. The summed E-state index contributed by atoms with van der Waals surface area (Å²) < 4.78 is 13.8. The molecule has 0 fully saturated rings. The van der Waals surface area contributed by atoms with E-state index in [-0.39, 0.29) is 12.5 Å². The second-order valence-electron chi connectivity index (χ2n) is 5.61. The first-order valence-electron chi connectivity index (χ1n) is 8.02. The highest BCUT2D eigenvalue weighted by Crippen LogP contribution is 2.16. The highest BCUT2D eigenvalue weighted by atomic mass is 32.1. The lowest BCUT2D eigenvalue weighted by Crippen LogP contribution is -2.21. The largest absolute Gasteiger partial charge is 0.484 e. The van der Waals surface area contributed by atoms with Gasteiger partial charge in [-0.15, -0.1) is 0 Å². The molecule has 3 aromatic rings. The van der Waals surface area contributed by atoms with Gasteiger partial charge in [0.25, 0.3) is 5.91 Å². The van der Waals surface area contributed by atoms with Crippen LogP contribution in [0.5, 0.6) is 5.75 Å². The standard InChI is InChI=1S/C19H20N2O3S/c1-14-6-5-7-15(12-14)24-13-18(22)20-19-21(10-11-23-2)16-8-3-4-9-17(16)25-19/h3-9,12H,10-11,13H2,1-2H3. The third kappa shape index (κ3) is 4.35. The molecular formula is C19H20N2O3S. The molecule has 5 nitrogen and oxygen atoms in total. The number of carbonyl (C=O) groups is 1. The van der Waals surface area contributed by atoms with Crippen LogP contribution in [-0.2, 0) is 16.1 Å². The second-order valence-corrected chi connectivity index (χ2v) is 6.62. The number of amides is 1. The van der Waals surface area contributed by atoms with Gasteiger partial charge in [0.1, 0.15) is 5.75 Å². The Morgan fingerprint density at radius 1 is 1.20 bits per heavy atom. The topological polar surface area (TPSA) is 52.8 Å². The number of hydrogen-bond acceptors (Lipinski definition) is 4. The zero-order chi connectivity index (χ0) is 17.6. The number of rotatable bonds is 6. The Balaban J connectivity index is 1.82. The number of para-hydroxylation sites is 1. The van der Waals surface area contributed by atoms with Crippen molar-refractivity contribution in [1.29, 1.82) is 0 Å². The molecule has 0 atom stereocenters. The van der Waals surface area contributed by atoms with E-state index in [0.29, 0.717) is 23.7 Å². The molecule has 0 saturated heterocycles. The Kier molecular flexibility index (Phi) is 5.63. The third-order valence-electron chi connectivity index (χ3n) is 3.68. The van der Waals surface area contributed by atoms with Gasteiger partial charge in [0.05, 0.1) is 16.8 Å². The van der Waals surface area contributed by atoms with Gasteiger partial charge in [-0.25, -0.2) is 0 Å². The van der Waals surface area contributed by atoms with Crippen molar-refractivity contribution in [2.45, 2.75) is 13.5 Å². The van der Waals surface area contributed by atoms with Crippen molar-refractivity contribution >= 4 is 27.5 Å². The normalized spacial score (nSPS) is 11.8. The Morgan fingerprint density at radius 3 is 2.84 bits per heavy atom. The predicted molar refractivity (Wildman–Crippen MR) is 98.9 cm³/mol. The van der Waals surface area contributed by atoms with E-state index in [2.05, 4.69) is 4.99 Å². The molecule has 2 aromatic carbocycles. The van der Waals surface area contributed by atoms with Crippen LogP contribution in [0.4, 0.5) is 0 Å². The molecular weight excluding hydrogens is 336 g/mol. The van der Waals surface area contributed by atoms with Gasteiger partial charge in [-0.2, -0.15) is 4.99 Å². The zero-order valence-corrected chi connectivity index (χ0v) is 15.1. The van der Waals surface area contributed by atoms with Crippen LogP contribution < -0.4 is 9.54 Å². The number of benzene rings is 2. The van der Waals surface area contributed by atoms with Gasteiger partial charge in [0, 0.05) is 13.7 Å². The quantitative estimate of drug-likeness (QED) is 0.682. The average molecular weight is 356 g/mol. The fourth-order valence-corrected chi connectivity index (χ4v) is 3.57. The predicted octanol–water partition coefficient (Wildman–Crippen LogP) is 3.16. The number of ether oxygens (including phenoxy) is 2. The molecule has 130 valence electrons. The van der Waals surface area contributed by atoms with Crippen LogP contribution in [0.15, 0.2) is 53.5 Å². The Labute approximate surface area is 150 Å². The van der Waals surface area contributed by atoms with Crippen LogP contribution in [0, 0.1) is 6.92 Å². The third-order valence-corrected chi connectivity index (χ3v) is 4.74. The van der Waals surface area contributed by atoms with E-state index in [4.69, 9.17) is 9.47 Å². The lowest BCUT2D eigenvalue weighted by Gasteiger charge is -2.05. The van der Waals surface area contributed by atoms with Gasteiger partial charge in [0.15, 0.2) is 11.4 Å². The summed E-state index contributed by atoms with van der Waals surface area (Å²) in [6.45, 7) is 3.10. The smallest absolute Gasteiger partial charge is 0.286 e. The van der Waals surface area contributed by atoms with E-state index in [0.717, 1.165) is 15.8 Å². The van der Waals surface area contributed by atoms with Crippen LogP contribution in [0.2, 0.25) is 0 Å². The summed E-state index contributed by atoms with van der Waals surface area (Å²) in [6.07, 6.45) is 0. The number of fused-ring (bicyclic) bond motifs is 1. The van der Waals surface area contributed by atoms with Gasteiger partial charge in [-0.1, -0.05) is 35.6 Å². The van der Waals surface area contributed by atoms with E-state index in [1.165, 1.54) is 11.3 Å². The average Bonchev–Trinajstić information content (AvgIpc) is 2.95. The maximum Gasteiger partial charge on any atom is 0.286 e. The van der Waals surface area contributed by atoms with Gasteiger partial charge >= 0.3 is 0 Å². The van der Waals surface area contributed by atoms with Crippen molar-refractivity contribution in [2.24, 2.45) is 4.99 Å². The fourth-order valence-electron chi connectivity index (χ4n) is 2.49. The van der Waals surface area contributed by atoms with E-state index in [9.17, 15) is 4.79 Å². The molecule has 0 bridgehead atoms. The molecule has 0 radical (unpaired) electrons. The first kappa shape index (κ1) is 17.4. The molecule has 3 rings (SSSR count). The molecule has 0 aliphatic rings. The SMILES string of the molecule is COCCn1c(=NC(=O)COc2cccc(C)c2)sc2ccccc21. The van der Waals surface area contributed by atoms with Crippen LogP contribution >= 0.6 is 11.3 Å². The summed E-state index contributed by atoms with van der Waals surface area (Å²) in [7, 11) is 1.66. The minimum Gasteiger partial charge on any atom is -0.484 e. The molecule has 1 amide bonds. The summed E-state index contributed by atoms with van der Waals surface area (Å²) in [5.74, 6) is 0.367. The molecule has 6 heteroatoms. The number of aromatic nitrogens is 1. The van der Waals surface area contributed by atoms with Crippen molar-refractivity contribution in [3.05, 3.63) is 58.9 Å². The van der Waals surface area contributed by atoms with E-state index < -0.39 is 0 Å². The molecule has 0 unspecified atom stereocenters. The Morgan fingerprint density at radius 2 is 2.04 bits per heavy atom. The first-order valence-corrected chi connectivity index (χ1v) is 8.83. The molecule has 1 aromatic heterocycles. The van der Waals surface area contributed by atoms with E-state index in [1.807, 2.05) is 60.0 Å². The zero-order valence-electron chi connectivity index (χ0n) is 14.3. The summed E-state index contributed by atoms with van der Waals surface area (Å²) in [5.41, 5.74) is 2.14. The van der Waals surface area contributed by atoms with Crippen molar-refractivity contribution in [3.63, 3.8) is 0 Å². The summed E-state index contributed by atoms with van der Waals surface area (Å²) in [4.78, 5) is 17.2. The van der Waals surface area contributed by atoms with Gasteiger partial charge in [-0.3, -0.25) is 4.79 Å². The molecule has 0 aliphatic carbocycles. The van der Waals surface area contributed by atoms with Crippen LogP contribution in [0.1, 0.15) is 5.56 Å². The molecule has 0 aliphatic heterocycles. The van der Waals surface area contributed by atoms with E-state index in [1.54, 1.807) is 7.11 Å². The minimum atomic E-state index is -0.306. The van der Waals surface area contributed by atoms with Crippen molar-refractivity contribution in [1.82, 2.24) is 4.57 Å².